The van der Waals surface area contributed by atoms with E-state index in [1.165, 1.54) is 0 Å². The van der Waals surface area contributed by atoms with Crippen LogP contribution in [0.2, 0.25) is 0 Å². The van der Waals surface area contributed by atoms with Gasteiger partial charge in [0, 0.05) is 24.0 Å². The summed E-state index contributed by atoms with van der Waals surface area (Å²) in [7, 11) is 0. The number of hydrogen-bond acceptors (Lipinski definition) is 6. The zero-order valence-corrected chi connectivity index (χ0v) is 21.1. The third-order valence-electron chi connectivity index (χ3n) is 4.62. The second-order valence-electron chi connectivity index (χ2n) is 11.7. The zero-order valence-electron chi connectivity index (χ0n) is 21.1. The van der Waals surface area contributed by atoms with Crippen molar-refractivity contribution < 1.29 is 14.4 Å². The third-order valence-corrected chi connectivity index (χ3v) is 4.62. The first-order chi connectivity index (χ1) is 13.8. The standard InChI is InChI=1S/C23H47N5O3/c1-21(2,3)13-12-15(24)18(29)11-10-17(20(31)28-23(7,8)9)27-19(30)16(25)14-26-22(4,5)6/h15-17,26H,10-14,24-25H2,1-9H3,(H,27,30)(H,28,31). The smallest absolute Gasteiger partial charge is 0.242 e. The summed E-state index contributed by atoms with van der Waals surface area (Å²) < 4.78 is 0. The Morgan fingerprint density at radius 3 is 1.77 bits per heavy atom. The first kappa shape index (κ1) is 29.5. The molecular formula is C23H47N5O3. The van der Waals surface area contributed by atoms with Crippen molar-refractivity contribution in [1.82, 2.24) is 16.0 Å². The summed E-state index contributed by atoms with van der Waals surface area (Å²) in [5.41, 5.74) is 11.5. The van der Waals surface area contributed by atoms with E-state index >= 15 is 0 Å². The van der Waals surface area contributed by atoms with E-state index in [9.17, 15) is 14.4 Å². The molecule has 31 heavy (non-hydrogen) atoms. The lowest BCUT2D eigenvalue weighted by Crippen LogP contribution is -2.57. The Kier molecular flexibility index (Phi) is 11.3. The predicted octanol–water partition coefficient (Wildman–Crippen LogP) is 1.60. The van der Waals surface area contributed by atoms with Gasteiger partial charge in [-0.15, -0.1) is 0 Å². The Hall–Kier alpha value is -1.51. The second-order valence-corrected chi connectivity index (χ2v) is 11.7. The molecule has 182 valence electrons. The van der Waals surface area contributed by atoms with E-state index in [4.69, 9.17) is 11.5 Å². The van der Waals surface area contributed by atoms with Crippen LogP contribution in [-0.4, -0.2) is 53.3 Å². The van der Waals surface area contributed by atoms with Crippen LogP contribution in [0.25, 0.3) is 0 Å². The number of rotatable bonds is 11. The van der Waals surface area contributed by atoms with Gasteiger partial charge >= 0.3 is 0 Å². The van der Waals surface area contributed by atoms with E-state index in [2.05, 4.69) is 36.7 Å². The molecule has 0 bridgehead atoms. The molecule has 0 saturated carbocycles. The number of nitrogens with two attached hydrogens (primary N) is 2. The Bertz CT molecular complexity index is 600. The lowest BCUT2D eigenvalue weighted by molar-refractivity contribution is -0.131. The average molecular weight is 442 g/mol. The zero-order chi connectivity index (χ0) is 24.6. The summed E-state index contributed by atoms with van der Waals surface area (Å²) in [6.45, 7) is 18.1. The molecule has 0 fully saturated rings. The molecule has 0 aliphatic carbocycles. The van der Waals surface area contributed by atoms with Gasteiger partial charge < -0.3 is 27.4 Å². The fraction of sp³-hybridized carbons (Fsp3) is 0.870. The molecule has 7 N–H and O–H groups in total. The molecule has 0 aromatic rings. The Labute approximate surface area is 189 Å². The van der Waals surface area contributed by atoms with Crippen LogP contribution in [0.5, 0.6) is 0 Å². The molecule has 0 aromatic carbocycles. The minimum Gasteiger partial charge on any atom is -0.350 e. The SMILES string of the molecule is CC(C)(C)CCC(N)C(=O)CCC(NC(=O)C(N)CNC(C)(C)C)C(=O)NC(C)(C)C. The first-order valence-electron chi connectivity index (χ1n) is 11.2. The molecule has 0 aromatic heterocycles. The van der Waals surface area contributed by atoms with Gasteiger partial charge in [0.2, 0.25) is 11.8 Å². The van der Waals surface area contributed by atoms with E-state index in [1.54, 1.807) is 0 Å². The molecule has 8 nitrogen and oxygen atoms in total. The maximum Gasteiger partial charge on any atom is 0.242 e. The Morgan fingerprint density at radius 1 is 0.774 bits per heavy atom. The van der Waals surface area contributed by atoms with Gasteiger partial charge in [0.25, 0.3) is 0 Å². The van der Waals surface area contributed by atoms with Crippen molar-refractivity contribution in [3.63, 3.8) is 0 Å². The van der Waals surface area contributed by atoms with Crippen molar-refractivity contribution in [1.29, 1.82) is 0 Å². The van der Waals surface area contributed by atoms with Crippen LogP contribution in [0.3, 0.4) is 0 Å². The number of nitrogens with one attached hydrogen (secondary N) is 3. The summed E-state index contributed by atoms with van der Waals surface area (Å²) in [6, 6.07) is -2.24. The van der Waals surface area contributed by atoms with Gasteiger partial charge in [0.15, 0.2) is 0 Å². The monoisotopic (exact) mass is 441 g/mol. The molecule has 0 spiro atoms. The van der Waals surface area contributed by atoms with E-state index in [1.807, 2.05) is 41.5 Å². The van der Waals surface area contributed by atoms with Crippen molar-refractivity contribution in [3.8, 4) is 0 Å². The topological polar surface area (TPSA) is 139 Å². The molecule has 0 rings (SSSR count). The first-order valence-corrected chi connectivity index (χ1v) is 11.2. The van der Waals surface area contributed by atoms with Crippen LogP contribution in [0.15, 0.2) is 0 Å². The number of hydrogen-bond donors (Lipinski definition) is 5. The normalized spacial score (nSPS) is 15.7. The highest BCUT2D eigenvalue weighted by atomic mass is 16.2. The van der Waals surface area contributed by atoms with Gasteiger partial charge in [-0.2, -0.15) is 0 Å². The summed E-state index contributed by atoms with van der Waals surface area (Å²) in [5.74, 6) is -0.881. The lowest BCUT2D eigenvalue weighted by atomic mass is 9.87. The summed E-state index contributed by atoms with van der Waals surface area (Å²) in [4.78, 5) is 37.8. The fourth-order valence-electron chi connectivity index (χ4n) is 2.73. The van der Waals surface area contributed by atoms with Crippen molar-refractivity contribution in [2.45, 2.75) is 117 Å². The average Bonchev–Trinajstić information content (AvgIpc) is 2.57. The van der Waals surface area contributed by atoms with Crippen molar-refractivity contribution >= 4 is 17.6 Å². The molecule has 0 radical (unpaired) electrons. The largest absolute Gasteiger partial charge is 0.350 e. The highest BCUT2D eigenvalue weighted by Crippen LogP contribution is 2.21. The molecule has 0 saturated heterocycles. The van der Waals surface area contributed by atoms with Crippen LogP contribution in [-0.2, 0) is 14.4 Å². The predicted molar refractivity (Wildman–Crippen MR) is 126 cm³/mol. The van der Waals surface area contributed by atoms with Crippen LogP contribution < -0.4 is 27.4 Å². The van der Waals surface area contributed by atoms with Gasteiger partial charge in [0.1, 0.15) is 11.8 Å². The van der Waals surface area contributed by atoms with Crippen LogP contribution >= 0.6 is 0 Å². The molecule has 2 amide bonds. The van der Waals surface area contributed by atoms with Gasteiger partial charge in [-0.3, -0.25) is 14.4 Å². The van der Waals surface area contributed by atoms with Crippen LogP contribution in [0.4, 0.5) is 0 Å². The van der Waals surface area contributed by atoms with Crippen molar-refractivity contribution in [2.75, 3.05) is 6.54 Å². The number of ketones is 1. The maximum absolute atomic E-state index is 12.7. The van der Waals surface area contributed by atoms with Crippen molar-refractivity contribution in [3.05, 3.63) is 0 Å². The van der Waals surface area contributed by atoms with Gasteiger partial charge in [-0.1, -0.05) is 20.8 Å². The van der Waals surface area contributed by atoms with E-state index < -0.39 is 29.6 Å². The Balaban J connectivity index is 5.04. The molecular weight excluding hydrogens is 394 g/mol. The minimum atomic E-state index is -0.855. The summed E-state index contributed by atoms with van der Waals surface area (Å²) >= 11 is 0. The molecule has 0 aliphatic heterocycles. The van der Waals surface area contributed by atoms with Crippen LogP contribution in [0.1, 0.15) is 88.0 Å². The lowest BCUT2D eigenvalue weighted by Gasteiger charge is -2.27. The van der Waals surface area contributed by atoms with Crippen molar-refractivity contribution in [2.24, 2.45) is 16.9 Å². The van der Waals surface area contributed by atoms with Gasteiger partial charge in [-0.05, 0) is 66.2 Å². The van der Waals surface area contributed by atoms with E-state index in [-0.39, 0.29) is 42.0 Å². The minimum absolute atomic E-state index is 0.0955. The molecule has 3 atom stereocenters. The number of amides is 2. The molecule has 8 heteroatoms. The quantitative estimate of drug-likeness (QED) is 0.330. The number of carbonyl (C=O) groups excluding carboxylic acids is 3. The Morgan fingerprint density at radius 2 is 1.32 bits per heavy atom. The summed E-state index contributed by atoms with van der Waals surface area (Å²) in [6.07, 6.45) is 1.72. The molecule has 0 heterocycles. The maximum atomic E-state index is 12.7. The highest BCUT2D eigenvalue weighted by Gasteiger charge is 2.28. The fourth-order valence-corrected chi connectivity index (χ4v) is 2.73. The van der Waals surface area contributed by atoms with Gasteiger partial charge in [0.05, 0.1) is 12.1 Å². The second kappa shape index (κ2) is 11.9. The molecule has 0 aliphatic rings. The van der Waals surface area contributed by atoms with Crippen LogP contribution in [0, 0.1) is 5.41 Å². The highest BCUT2D eigenvalue weighted by molar-refractivity contribution is 5.91. The molecule has 3 unspecified atom stereocenters. The third kappa shape index (κ3) is 15.0. The number of Topliss-reactive ketones (excluding diaryl/α,β-unsaturated/α-hetero) is 1. The van der Waals surface area contributed by atoms with E-state index in [0.717, 1.165) is 6.42 Å². The van der Waals surface area contributed by atoms with E-state index in [0.29, 0.717) is 6.42 Å². The van der Waals surface area contributed by atoms with Gasteiger partial charge in [-0.25, -0.2) is 0 Å². The summed E-state index contributed by atoms with van der Waals surface area (Å²) in [5, 5.41) is 8.76. The number of carbonyl (C=O) groups is 3.